The number of H-pyrrole nitrogens is 2. The number of rotatable bonds is 4. The number of nitrogens with one attached hydrogen (secondary N) is 2. The summed E-state index contributed by atoms with van der Waals surface area (Å²) in [4.78, 5) is 18.4. The first-order valence-electron chi connectivity index (χ1n) is 18.4. The minimum atomic E-state index is -0.499. The van der Waals surface area contributed by atoms with Gasteiger partial charge in [0.25, 0.3) is 0 Å². The third-order valence-corrected chi connectivity index (χ3v) is 11.6. The Labute approximate surface area is 319 Å². The Morgan fingerprint density at radius 2 is 0.764 bits per heavy atom. The maximum atomic E-state index is 10.8. The first-order valence-corrected chi connectivity index (χ1v) is 18.4. The predicted molar refractivity (Wildman–Crippen MR) is 223 cm³/mol. The van der Waals surface area contributed by atoms with Gasteiger partial charge in [-0.1, -0.05) is 94.4 Å². The zero-order valence-corrected chi connectivity index (χ0v) is 31.0. The Balaban J connectivity index is 1.54. The number of aromatic nitrogens is 4. The van der Waals surface area contributed by atoms with E-state index in [-0.39, 0.29) is 17.2 Å². The number of nitrogens with zero attached hydrogens (tertiary/aromatic N) is 2. The normalized spacial score (nSPS) is 14.5. The standard InChI is InChI=1S/C48H40N4O3/c1-47(2)45-43(30-14-9-17-33(54)26-30)39-23-21-36(50-39)41(28-11-6-5-7-12-28)35-19-20-37(49-35)42(29-13-8-16-32(53)25-29)38-22-24-40(51-38)44(46(52-45)48(47,3)4)31-15-10-18-34(55)27-31/h5-27,49,52-55H,1-4H3. The second-order valence-corrected chi connectivity index (χ2v) is 15.4. The first-order chi connectivity index (χ1) is 26.5. The number of hydrogen-bond donors (Lipinski definition) is 5. The number of aromatic hydroxyl groups is 3. The highest BCUT2D eigenvalue weighted by Crippen LogP contribution is 2.53. The first kappa shape index (κ1) is 33.9. The van der Waals surface area contributed by atoms with Crippen LogP contribution in [0.2, 0.25) is 0 Å². The summed E-state index contributed by atoms with van der Waals surface area (Å²) in [5.74, 6) is 0.476. The van der Waals surface area contributed by atoms with E-state index in [2.05, 4.69) is 74.1 Å². The molecule has 8 bridgehead atoms. The maximum absolute atomic E-state index is 10.8. The minimum Gasteiger partial charge on any atom is -0.508 e. The highest BCUT2D eigenvalue weighted by molar-refractivity contribution is 5.97. The van der Waals surface area contributed by atoms with Gasteiger partial charge in [-0.3, -0.25) is 0 Å². The highest BCUT2D eigenvalue weighted by atomic mass is 16.3. The van der Waals surface area contributed by atoms with E-state index >= 15 is 0 Å². The van der Waals surface area contributed by atoms with Gasteiger partial charge < -0.3 is 25.3 Å². The van der Waals surface area contributed by atoms with Crippen LogP contribution in [-0.2, 0) is 10.8 Å². The molecule has 0 radical (unpaired) electrons. The van der Waals surface area contributed by atoms with Gasteiger partial charge >= 0.3 is 0 Å². The molecule has 4 aromatic carbocycles. The summed E-state index contributed by atoms with van der Waals surface area (Å²) in [6.07, 6.45) is 8.17. The summed E-state index contributed by atoms with van der Waals surface area (Å²) in [5.41, 5.74) is 12.6. The Kier molecular flexibility index (Phi) is 7.79. The zero-order chi connectivity index (χ0) is 38.1. The SMILES string of the molecule is CC1(C)c2[nH]c(c(-c3cccc(O)c3)c3nc(c(-c4cccc(O)c4)c4ccc([nH]4)c(-c4ccccc4)c4nc(c2-c2cccc(O)c2)C=C4)C=C3)C1(C)C. The molecule has 0 spiro atoms. The molecular weight excluding hydrogens is 681 g/mol. The van der Waals surface area contributed by atoms with Gasteiger partial charge in [0.05, 0.1) is 22.8 Å². The Morgan fingerprint density at radius 1 is 0.400 bits per heavy atom. The lowest BCUT2D eigenvalue weighted by atomic mass is 9.64. The molecule has 0 aliphatic carbocycles. The molecule has 2 aromatic heterocycles. The van der Waals surface area contributed by atoms with Crippen molar-refractivity contribution in [3.8, 4) is 61.8 Å². The molecule has 7 heteroatoms. The molecule has 0 saturated heterocycles. The van der Waals surface area contributed by atoms with Crippen molar-refractivity contribution < 1.29 is 15.3 Å². The van der Waals surface area contributed by atoms with E-state index < -0.39 is 10.8 Å². The van der Waals surface area contributed by atoms with E-state index in [1.807, 2.05) is 66.7 Å². The van der Waals surface area contributed by atoms with Crippen LogP contribution in [0.1, 0.15) is 61.9 Å². The topological polar surface area (TPSA) is 118 Å². The number of fused-ring (bicyclic) bond motifs is 8. The fraction of sp³-hybridized carbons (Fsp3) is 0.125. The van der Waals surface area contributed by atoms with Crippen LogP contribution < -0.4 is 0 Å². The summed E-state index contributed by atoms with van der Waals surface area (Å²) in [6.45, 7) is 8.95. The molecule has 5 N–H and O–H groups in total. The molecule has 5 heterocycles. The lowest BCUT2D eigenvalue weighted by molar-refractivity contribution is 0.323. The second kappa shape index (κ2) is 12.6. The third-order valence-electron chi connectivity index (χ3n) is 11.6. The van der Waals surface area contributed by atoms with Crippen LogP contribution in [-0.4, -0.2) is 35.3 Å². The van der Waals surface area contributed by atoms with Crippen molar-refractivity contribution in [1.82, 2.24) is 19.9 Å². The number of aromatic amines is 2. The van der Waals surface area contributed by atoms with E-state index in [1.54, 1.807) is 36.4 Å². The second-order valence-electron chi connectivity index (χ2n) is 15.4. The average Bonchev–Trinajstić information content (AvgIpc) is 3.97. The summed E-state index contributed by atoms with van der Waals surface area (Å²) < 4.78 is 0. The molecule has 55 heavy (non-hydrogen) atoms. The van der Waals surface area contributed by atoms with Crippen LogP contribution in [0.3, 0.4) is 0 Å². The van der Waals surface area contributed by atoms with Crippen LogP contribution in [0, 0.1) is 0 Å². The van der Waals surface area contributed by atoms with Gasteiger partial charge in [-0.05, 0) is 95.1 Å². The summed E-state index contributed by atoms with van der Waals surface area (Å²) >= 11 is 0. The number of phenols is 3. The van der Waals surface area contributed by atoms with Crippen molar-refractivity contribution >= 4 is 35.3 Å². The van der Waals surface area contributed by atoms with Gasteiger partial charge in [-0.15, -0.1) is 0 Å². The van der Waals surface area contributed by atoms with E-state index in [9.17, 15) is 15.3 Å². The molecule has 0 atom stereocenters. The van der Waals surface area contributed by atoms with E-state index in [1.165, 1.54) is 0 Å². The van der Waals surface area contributed by atoms with Crippen LogP contribution in [0.4, 0.5) is 0 Å². The third kappa shape index (κ3) is 5.59. The van der Waals surface area contributed by atoms with Gasteiger partial charge in [0, 0.05) is 55.5 Å². The van der Waals surface area contributed by atoms with Gasteiger partial charge in [-0.25, -0.2) is 9.97 Å². The van der Waals surface area contributed by atoms with Crippen LogP contribution in [0.25, 0.3) is 79.8 Å². The maximum Gasteiger partial charge on any atom is 0.116 e. The van der Waals surface area contributed by atoms with Crippen molar-refractivity contribution in [2.75, 3.05) is 0 Å². The van der Waals surface area contributed by atoms with Crippen LogP contribution in [0.15, 0.2) is 115 Å². The Bertz CT molecular complexity index is 2800. The van der Waals surface area contributed by atoms with Crippen LogP contribution in [0.5, 0.6) is 17.2 Å². The Hall–Kier alpha value is -6.86. The lowest BCUT2D eigenvalue weighted by Gasteiger charge is -2.37. The van der Waals surface area contributed by atoms with Crippen molar-refractivity contribution in [1.29, 1.82) is 0 Å². The summed E-state index contributed by atoms with van der Waals surface area (Å²) in [5, 5.41) is 32.3. The molecule has 0 saturated carbocycles. The monoisotopic (exact) mass is 720 g/mol. The number of benzene rings is 4. The van der Waals surface area contributed by atoms with E-state index in [0.29, 0.717) is 0 Å². The van der Waals surface area contributed by atoms with Gasteiger partial charge in [0.2, 0.25) is 0 Å². The zero-order valence-electron chi connectivity index (χ0n) is 31.0. The lowest BCUT2D eigenvalue weighted by Crippen LogP contribution is -2.36. The number of phenolic OH excluding ortho intramolecular Hbond substituents is 3. The molecule has 6 aromatic rings. The quantitative estimate of drug-likeness (QED) is 0.124. The van der Waals surface area contributed by atoms with E-state index in [4.69, 9.17) is 9.97 Å². The van der Waals surface area contributed by atoms with Gasteiger partial charge in [0.15, 0.2) is 0 Å². The molecule has 3 aliphatic rings. The predicted octanol–water partition coefficient (Wildman–Crippen LogP) is 11.4. The van der Waals surface area contributed by atoms with Crippen molar-refractivity contribution in [3.05, 3.63) is 149 Å². The fourth-order valence-corrected chi connectivity index (χ4v) is 8.09. The molecule has 7 nitrogen and oxygen atoms in total. The van der Waals surface area contributed by atoms with Crippen molar-refractivity contribution in [3.63, 3.8) is 0 Å². The fourth-order valence-electron chi connectivity index (χ4n) is 8.09. The average molecular weight is 721 g/mol. The summed E-state index contributed by atoms with van der Waals surface area (Å²) in [7, 11) is 0. The van der Waals surface area contributed by atoms with Crippen molar-refractivity contribution in [2.24, 2.45) is 0 Å². The largest absolute Gasteiger partial charge is 0.508 e. The van der Waals surface area contributed by atoms with Gasteiger partial charge in [0.1, 0.15) is 17.2 Å². The molecule has 3 aliphatic heterocycles. The van der Waals surface area contributed by atoms with Crippen molar-refractivity contribution in [2.45, 2.75) is 38.5 Å². The molecular formula is C48H40N4O3. The molecule has 0 fully saturated rings. The van der Waals surface area contributed by atoms with E-state index in [0.717, 1.165) is 89.7 Å². The van der Waals surface area contributed by atoms with Gasteiger partial charge in [-0.2, -0.15) is 0 Å². The summed E-state index contributed by atoms with van der Waals surface area (Å²) in [6, 6.07) is 36.3. The number of hydrogen-bond acceptors (Lipinski definition) is 5. The van der Waals surface area contributed by atoms with Crippen LogP contribution >= 0.6 is 0 Å². The molecule has 9 rings (SSSR count). The Morgan fingerprint density at radius 3 is 1.18 bits per heavy atom. The molecule has 0 amide bonds. The molecule has 270 valence electrons. The smallest absolute Gasteiger partial charge is 0.116 e. The minimum absolute atomic E-state index is 0.153. The highest BCUT2D eigenvalue weighted by Gasteiger charge is 2.48. The molecule has 0 unspecified atom stereocenters.